The largest absolute Gasteiger partial charge is 0.484 e. The van der Waals surface area contributed by atoms with Gasteiger partial charge >= 0.3 is 0 Å². The van der Waals surface area contributed by atoms with Crippen LogP contribution in [0.2, 0.25) is 5.02 Å². The molecule has 2 aromatic rings. The van der Waals surface area contributed by atoms with Crippen molar-refractivity contribution in [3.05, 3.63) is 69.2 Å². The summed E-state index contributed by atoms with van der Waals surface area (Å²) in [6.07, 6.45) is 2.85. The summed E-state index contributed by atoms with van der Waals surface area (Å²) in [6.45, 7) is 1.71. The molecule has 9 heteroatoms. The number of hydrazine groups is 1. The van der Waals surface area contributed by atoms with Crippen LogP contribution in [0.5, 0.6) is 5.75 Å². The van der Waals surface area contributed by atoms with Crippen LogP contribution in [0.4, 0.5) is 0 Å². The first kappa shape index (κ1) is 21.9. The third-order valence-corrected chi connectivity index (χ3v) is 4.81. The number of benzene rings is 2. The highest BCUT2D eigenvalue weighted by Crippen LogP contribution is 2.21. The van der Waals surface area contributed by atoms with E-state index in [1.807, 2.05) is 19.1 Å². The van der Waals surface area contributed by atoms with Gasteiger partial charge in [-0.25, -0.2) is 0 Å². The Morgan fingerprint density at radius 3 is 2.68 bits per heavy atom. The van der Waals surface area contributed by atoms with Crippen molar-refractivity contribution in [3.63, 3.8) is 0 Å². The summed E-state index contributed by atoms with van der Waals surface area (Å²) >= 11 is 14.3. The normalized spacial score (nSPS) is 10.4. The highest BCUT2D eigenvalue weighted by molar-refractivity contribution is 9.10. The zero-order chi connectivity index (χ0) is 20.5. The van der Waals surface area contributed by atoms with Crippen molar-refractivity contribution in [2.75, 3.05) is 6.61 Å². The molecule has 0 atom stereocenters. The average Bonchev–Trinajstić information content (AvgIpc) is 2.66. The third-order valence-electron chi connectivity index (χ3n) is 3.37. The maximum atomic E-state index is 11.8. The number of halogens is 2. The molecular formula is C19H17BrClN3O3S. The van der Waals surface area contributed by atoms with Gasteiger partial charge in [0.15, 0.2) is 11.7 Å². The molecule has 6 nitrogen and oxygen atoms in total. The Morgan fingerprint density at radius 2 is 1.96 bits per heavy atom. The highest BCUT2D eigenvalue weighted by Gasteiger charge is 2.06. The Labute approximate surface area is 181 Å². The van der Waals surface area contributed by atoms with Crippen molar-refractivity contribution >= 4 is 62.8 Å². The molecule has 0 bridgehead atoms. The predicted molar refractivity (Wildman–Crippen MR) is 117 cm³/mol. The van der Waals surface area contributed by atoms with E-state index in [1.165, 1.54) is 6.08 Å². The van der Waals surface area contributed by atoms with E-state index >= 15 is 0 Å². The van der Waals surface area contributed by atoms with E-state index in [9.17, 15) is 9.59 Å². The summed E-state index contributed by atoms with van der Waals surface area (Å²) in [5.41, 5.74) is 6.47. The van der Waals surface area contributed by atoms with Crippen LogP contribution in [0.3, 0.4) is 0 Å². The minimum atomic E-state index is -0.465. The van der Waals surface area contributed by atoms with Gasteiger partial charge in [0.05, 0.1) is 0 Å². The predicted octanol–water partition coefficient (Wildman–Crippen LogP) is 3.53. The van der Waals surface area contributed by atoms with E-state index < -0.39 is 11.8 Å². The van der Waals surface area contributed by atoms with Crippen LogP contribution in [0.25, 0.3) is 6.08 Å². The van der Waals surface area contributed by atoms with Gasteiger partial charge in [-0.3, -0.25) is 25.8 Å². The maximum Gasteiger partial charge on any atom is 0.276 e. The van der Waals surface area contributed by atoms with Gasteiger partial charge in [0, 0.05) is 15.6 Å². The topological polar surface area (TPSA) is 79.5 Å². The van der Waals surface area contributed by atoms with Gasteiger partial charge in [-0.05, 0) is 60.6 Å². The Kier molecular flexibility index (Phi) is 8.43. The van der Waals surface area contributed by atoms with E-state index in [0.29, 0.717) is 16.3 Å². The molecule has 2 aromatic carbocycles. The van der Waals surface area contributed by atoms with Crippen LogP contribution < -0.4 is 20.9 Å². The van der Waals surface area contributed by atoms with Gasteiger partial charge in [-0.1, -0.05) is 45.7 Å². The first-order valence-electron chi connectivity index (χ1n) is 8.06. The number of nitrogens with one attached hydrogen (secondary N) is 3. The van der Waals surface area contributed by atoms with Gasteiger partial charge in [0.1, 0.15) is 5.75 Å². The molecule has 0 fully saturated rings. The van der Waals surface area contributed by atoms with E-state index in [-0.39, 0.29) is 11.7 Å². The summed E-state index contributed by atoms with van der Waals surface area (Å²) in [5.74, 6) is -0.353. The van der Waals surface area contributed by atoms with Crippen molar-refractivity contribution in [3.8, 4) is 5.75 Å². The first-order chi connectivity index (χ1) is 13.3. The minimum Gasteiger partial charge on any atom is -0.484 e. The summed E-state index contributed by atoms with van der Waals surface area (Å²) in [4.78, 5) is 23.6. The summed E-state index contributed by atoms with van der Waals surface area (Å²) in [7, 11) is 0. The molecule has 0 aliphatic heterocycles. The number of carbonyl (C=O) groups is 2. The van der Waals surface area contributed by atoms with Gasteiger partial charge in [-0.2, -0.15) is 0 Å². The second-order valence-electron chi connectivity index (χ2n) is 5.55. The summed E-state index contributed by atoms with van der Waals surface area (Å²) < 4.78 is 6.34. The van der Waals surface area contributed by atoms with Crippen molar-refractivity contribution in [1.29, 1.82) is 0 Å². The van der Waals surface area contributed by atoms with Gasteiger partial charge < -0.3 is 4.74 Å². The van der Waals surface area contributed by atoms with Crippen molar-refractivity contribution in [2.45, 2.75) is 6.92 Å². The van der Waals surface area contributed by atoms with Crippen LogP contribution in [-0.4, -0.2) is 23.5 Å². The molecule has 3 N–H and O–H groups in total. The van der Waals surface area contributed by atoms with Crippen molar-refractivity contribution < 1.29 is 14.3 Å². The van der Waals surface area contributed by atoms with E-state index in [0.717, 1.165) is 10.0 Å². The fourth-order valence-electron chi connectivity index (χ4n) is 1.98. The van der Waals surface area contributed by atoms with Crippen LogP contribution >= 0.6 is 39.7 Å². The standard InChI is InChI=1S/C19H17BrClN3O3S/c1-12-10-14(7-8-15(12)20)27-11-18(26)23-24-19(28)22-17(25)9-6-13-4-2-3-5-16(13)21/h2-10H,11H2,1H3,(H,23,26)(H2,22,24,25,28). The van der Waals surface area contributed by atoms with Crippen LogP contribution in [-0.2, 0) is 9.59 Å². The molecule has 0 saturated heterocycles. The number of carbonyl (C=O) groups excluding carboxylic acids is 2. The Hall–Kier alpha value is -2.42. The number of amides is 2. The molecular weight excluding hydrogens is 466 g/mol. The van der Waals surface area contributed by atoms with Crippen molar-refractivity contribution in [2.24, 2.45) is 0 Å². The molecule has 0 aliphatic carbocycles. The van der Waals surface area contributed by atoms with Crippen LogP contribution in [0, 0.1) is 6.92 Å². The number of hydrogen-bond donors (Lipinski definition) is 3. The first-order valence-corrected chi connectivity index (χ1v) is 9.64. The zero-order valence-corrected chi connectivity index (χ0v) is 18.0. The fraction of sp³-hybridized carbons (Fsp3) is 0.105. The fourth-order valence-corrected chi connectivity index (χ4v) is 2.58. The third kappa shape index (κ3) is 7.30. The van der Waals surface area contributed by atoms with E-state index in [1.54, 1.807) is 36.4 Å². The molecule has 0 saturated carbocycles. The molecule has 2 amide bonds. The lowest BCUT2D eigenvalue weighted by Gasteiger charge is -2.11. The molecule has 0 radical (unpaired) electrons. The second kappa shape index (κ2) is 10.8. The molecule has 0 unspecified atom stereocenters. The monoisotopic (exact) mass is 481 g/mol. The minimum absolute atomic E-state index is 0.0540. The lowest BCUT2D eigenvalue weighted by Crippen LogP contribution is -2.49. The Morgan fingerprint density at radius 1 is 1.21 bits per heavy atom. The zero-order valence-electron chi connectivity index (χ0n) is 14.8. The van der Waals surface area contributed by atoms with Crippen LogP contribution in [0.1, 0.15) is 11.1 Å². The summed E-state index contributed by atoms with van der Waals surface area (Å²) in [6, 6.07) is 12.5. The average molecular weight is 483 g/mol. The quantitative estimate of drug-likeness (QED) is 0.345. The molecule has 2 rings (SSSR count). The lowest BCUT2D eigenvalue weighted by atomic mass is 10.2. The SMILES string of the molecule is Cc1cc(OCC(=O)NNC(=S)NC(=O)C=Cc2ccccc2Cl)ccc1Br. The molecule has 0 heterocycles. The van der Waals surface area contributed by atoms with Gasteiger partial charge in [-0.15, -0.1) is 0 Å². The maximum absolute atomic E-state index is 11.8. The lowest BCUT2D eigenvalue weighted by molar-refractivity contribution is -0.123. The highest BCUT2D eigenvalue weighted by atomic mass is 79.9. The number of rotatable bonds is 5. The van der Waals surface area contributed by atoms with Crippen LogP contribution in [0.15, 0.2) is 53.0 Å². The number of aryl methyl sites for hydroxylation is 1. The Balaban J connectivity index is 1.72. The molecule has 0 spiro atoms. The molecule has 0 aromatic heterocycles. The molecule has 146 valence electrons. The van der Waals surface area contributed by atoms with E-state index in [4.69, 9.17) is 28.6 Å². The van der Waals surface area contributed by atoms with Crippen molar-refractivity contribution in [1.82, 2.24) is 16.2 Å². The number of thiocarbonyl (C=S) groups is 1. The van der Waals surface area contributed by atoms with Gasteiger partial charge in [0.25, 0.3) is 5.91 Å². The number of hydrogen-bond acceptors (Lipinski definition) is 4. The smallest absolute Gasteiger partial charge is 0.276 e. The molecule has 0 aliphatic rings. The molecule has 28 heavy (non-hydrogen) atoms. The summed E-state index contributed by atoms with van der Waals surface area (Å²) in [5, 5.41) is 2.88. The second-order valence-corrected chi connectivity index (χ2v) is 7.22. The van der Waals surface area contributed by atoms with E-state index in [2.05, 4.69) is 32.1 Å². The number of ether oxygens (including phenoxy) is 1. The Bertz CT molecular complexity index is 921. The van der Waals surface area contributed by atoms with Gasteiger partial charge in [0.2, 0.25) is 5.91 Å².